The van der Waals surface area contributed by atoms with Crippen molar-refractivity contribution in [3.63, 3.8) is 0 Å². The molecule has 0 fully saturated rings. The van der Waals surface area contributed by atoms with Gasteiger partial charge in [0.15, 0.2) is 5.09 Å². The third-order valence-electron chi connectivity index (χ3n) is 2.31. The van der Waals surface area contributed by atoms with E-state index in [2.05, 4.69) is 0 Å². The fourth-order valence-electron chi connectivity index (χ4n) is 1.39. The number of hydrogen-bond donors (Lipinski definition) is 1. The van der Waals surface area contributed by atoms with E-state index in [0.29, 0.717) is 15.9 Å². The third kappa shape index (κ3) is 3.67. The summed E-state index contributed by atoms with van der Waals surface area (Å²) in [4.78, 5) is 11.9. The lowest BCUT2D eigenvalue weighted by molar-refractivity contribution is -0.114. The second-order valence-corrected chi connectivity index (χ2v) is 5.26. The Morgan fingerprint density at radius 3 is 2.60 bits per heavy atom. The van der Waals surface area contributed by atoms with E-state index in [0.717, 1.165) is 4.90 Å². The summed E-state index contributed by atoms with van der Waals surface area (Å²) < 4.78 is 5.49. The Morgan fingerprint density at radius 1 is 1.30 bits per heavy atom. The van der Waals surface area contributed by atoms with Gasteiger partial charge in [0, 0.05) is 16.0 Å². The van der Waals surface area contributed by atoms with Crippen LogP contribution in [0.1, 0.15) is 5.76 Å². The summed E-state index contributed by atoms with van der Waals surface area (Å²) in [6.07, 6.45) is 1.31. The maximum Gasteiger partial charge on any atom is 0.259 e. The van der Waals surface area contributed by atoms with E-state index in [9.17, 15) is 4.79 Å². The molecule has 0 aliphatic heterocycles. The van der Waals surface area contributed by atoms with Gasteiger partial charge in [-0.15, -0.1) is 0 Å². The minimum atomic E-state index is -0.782. The number of halogens is 1. The zero-order valence-corrected chi connectivity index (χ0v) is 11.7. The minimum absolute atomic E-state index is 0.151. The lowest BCUT2D eigenvalue weighted by Crippen LogP contribution is -2.12. The summed E-state index contributed by atoms with van der Waals surface area (Å²) in [5.41, 5.74) is 4.90. The first kappa shape index (κ1) is 14.3. The Hall–Kier alpha value is -2.16. The van der Waals surface area contributed by atoms with Crippen LogP contribution in [0.3, 0.4) is 0 Å². The molecule has 2 N–H and O–H groups in total. The van der Waals surface area contributed by atoms with E-state index >= 15 is 0 Å². The average molecular weight is 305 g/mol. The summed E-state index contributed by atoms with van der Waals surface area (Å²) in [5.74, 6) is -0.382. The zero-order chi connectivity index (χ0) is 14.5. The van der Waals surface area contributed by atoms with Gasteiger partial charge in [-0.05, 0) is 36.4 Å². The van der Waals surface area contributed by atoms with Crippen LogP contribution in [0.5, 0.6) is 0 Å². The molecule has 0 saturated heterocycles. The van der Waals surface area contributed by atoms with Gasteiger partial charge in [-0.3, -0.25) is 4.79 Å². The lowest BCUT2D eigenvalue weighted by Gasteiger charge is -1.97. The van der Waals surface area contributed by atoms with Crippen molar-refractivity contribution in [1.82, 2.24) is 0 Å². The lowest BCUT2D eigenvalue weighted by atomic mass is 10.2. The van der Waals surface area contributed by atoms with Crippen molar-refractivity contribution in [2.45, 2.75) is 9.99 Å². The van der Waals surface area contributed by atoms with E-state index in [4.69, 9.17) is 27.0 Å². The Balaban J connectivity index is 2.15. The van der Waals surface area contributed by atoms with Crippen molar-refractivity contribution in [2.75, 3.05) is 0 Å². The van der Waals surface area contributed by atoms with Crippen LogP contribution >= 0.6 is 23.4 Å². The Bertz CT molecular complexity index is 699. The van der Waals surface area contributed by atoms with Crippen molar-refractivity contribution in [3.8, 4) is 6.07 Å². The van der Waals surface area contributed by atoms with E-state index in [1.807, 2.05) is 12.1 Å². The molecule has 2 rings (SSSR count). The van der Waals surface area contributed by atoms with Gasteiger partial charge < -0.3 is 10.2 Å². The van der Waals surface area contributed by atoms with Crippen molar-refractivity contribution in [1.29, 1.82) is 5.26 Å². The number of nitriles is 1. The molecule has 1 amide bonds. The normalized spacial score (nSPS) is 11.1. The second-order valence-electron chi connectivity index (χ2n) is 3.75. The van der Waals surface area contributed by atoms with Gasteiger partial charge in [-0.25, -0.2) is 0 Å². The molecular weight excluding hydrogens is 296 g/mol. The number of nitrogens with two attached hydrogens (primary N) is 1. The molecule has 20 heavy (non-hydrogen) atoms. The summed E-state index contributed by atoms with van der Waals surface area (Å²) >= 11 is 7.21. The summed E-state index contributed by atoms with van der Waals surface area (Å²) in [5, 5.41) is 10.1. The molecule has 0 bridgehead atoms. The molecule has 1 heterocycles. The van der Waals surface area contributed by atoms with Crippen LogP contribution in [0.25, 0.3) is 6.08 Å². The molecule has 1 aromatic heterocycles. The molecule has 4 nitrogen and oxygen atoms in total. The molecule has 0 atom stereocenters. The predicted molar refractivity (Wildman–Crippen MR) is 77.1 cm³/mol. The van der Waals surface area contributed by atoms with E-state index in [-0.39, 0.29) is 5.57 Å². The maximum absolute atomic E-state index is 10.9. The number of primary amides is 1. The Labute approximate surface area is 124 Å². The molecule has 0 aliphatic carbocycles. The molecule has 0 aliphatic rings. The van der Waals surface area contributed by atoms with Gasteiger partial charge in [0.25, 0.3) is 5.91 Å². The molecule has 0 unspecified atom stereocenters. The van der Waals surface area contributed by atoms with Crippen molar-refractivity contribution < 1.29 is 9.21 Å². The highest BCUT2D eigenvalue weighted by Gasteiger charge is 2.07. The highest BCUT2D eigenvalue weighted by molar-refractivity contribution is 7.99. The highest BCUT2D eigenvalue weighted by Crippen LogP contribution is 2.30. The van der Waals surface area contributed by atoms with E-state index in [1.165, 1.54) is 17.8 Å². The fourth-order valence-corrected chi connectivity index (χ4v) is 2.29. The predicted octanol–water partition coefficient (Wildman–Crippen LogP) is 3.48. The third-order valence-corrected chi connectivity index (χ3v) is 3.49. The van der Waals surface area contributed by atoms with Gasteiger partial charge in [-0.2, -0.15) is 5.26 Å². The van der Waals surface area contributed by atoms with E-state index in [1.54, 1.807) is 30.3 Å². The van der Waals surface area contributed by atoms with Crippen LogP contribution in [0, 0.1) is 11.3 Å². The zero-order valence-electron chi connectivity index (χ0n) is 10.2. The molecule has 1 aromatic carbocycles. The van der Waals surface area contributed by atoms with Crippen LogP contribution in [0.2, 0.25) is 5.02 Å². The number of furan rings is 1. The summed E-state index contributed by atoms with van der Waals surface area (Å²) in [6, 6.07) is 12.4. The maximum atomic E-state index is 10.9. The first-order valence-corrected chi connectivity index (χ1v) is 6.73. The number of hydrogen-bond acceptors (Lipinski definition) is 4. The van der Waals surface area contributed by atoms with Crippen LogP contribution in [0.4, 0.5) is 0 Å². The SMILES string of the molecule is N#C/C(=C\c1ccc(Sc2ccc(Cl)cc2)o1)C(N)=O. The van der Waals surface area contributed by atoms with Gasteiger partial charge in [0.2, 0.25) is 0 Å². The van der Waals surface area contributed by atoms with Crippen molar-refractivity contribution >= 4 is 35.3 Å². The number of carbonyl (C=O) groups excluding carboxylic acids is 1. The number of benzene rings is 1. The summed E-state index contributed by atoms with van der Waals surface area (Å²) in [7, 11) is 0. The molecule has 2 aromatic rings. The number of carbonyl (C=O) groups is 1. The monoisotopic (exact) mass is 304 g/mol. The van der Waals surface area contributed by atoms with E-state index < -0.39 is 5.91 Å². The topological polar surface area (TPSA) is 80.0 Å². The van der Waals surface area contributed by atoms with Crippen molar-refractivity contribution in [3.05, 3.63) is 52.8 Å². The molecule has 0 saturated carbocycles. The van der Waals surface area contributed by atoms with Gasteiger partial charge in [-0.1, -0.05) is 23.4 Å². The fraction of sp³-hybridized carbons (Fsp3) is 0. The van der Waals surface area contributed by atoms with Crippen molar-refractivity contribution in [2.24, 2.45) is 5.73 Å². The van der Waals surface area contributed by atoms with Gasteiger partial charge in [0.1, 0.15) is 17.4 Å². The van der Waals surface area contributed by atoms with Gasteiger partial charge >= 0.3 is 0 Å². The molecule has 0 radical (unpaired) electrons. The largest absolute Gasteiger partial charge is 0.450 e. The van der Waals surface area contributed by atoms with Crippen LogP contribution in [0.15, 0.2) is 56.4 Å². The quantitative estimate of drug-likeness (QED) is 0.692. The molecule has 6 heteroatoms. The Kier molecular flexibility index (Phi) is 4.51. The van der Waals surface area contributed by atoms with Crippen LogP contribution in [-0.4, -0.2) is 5.91 Å². The molecule has 100 valence electrons. The smallest absolute Gasteiger partial charge is 0.259 e. The average Bonchev–Trinajstić information content (AvgIpc) is 2.86. The summed E-state index contributed by atoms with van der Waals surface area (Å²) in [6.45, 7) is 0. The second kappa shape index (κ2) is 6.33. The molecular formula is C14H9ClN2O2S. The Morgan fingerprint density at radius 2 is 2.00 bits per heavy atom. The number of rotatable bonds is 4. The highest BCUT2D eigenvalue weighted by atomic mass is 35.5. The first-order chi connectivity index (χ1) is 9.58. The molecule has 0 spiro atoms. The number of amides is 1. The van der Waals surface area contributed by atoms with Gasteiger partial charge in [0.05, 0.1) is 0 Å². The number of nitrogens with zero attached hydrogens (tertiary/aromatic N) is 1. The standard InChI is InChI=1S/C14H9ClN2O2S/c15-10-1-4-12(5-2-10)20-13-6-3-11(19-13)7-9(8-16)14(17)18/h1-7H,(H2,17,18)/b9-7+. The first-order valence-electron chi connectivity index (χ1n) is 5.53. The van der Waals surface area contributed by atoms with Crippen LogP contribution < -0.4 is 5.73 Å². The minimum Gasteiger partial charge on any atom is -0.450 e. The van der Waals surface area contributed by atoms with Crippen LogP contribution in [-0.2, 0) is 4.79 Å².